The molecule has 6 heteroatoms. The summed E-state index contributed by atoms with van der Waals surface area (Å²) in [6.45, 7) is 7.83. The molecule has 3 aliphatic rings. The van der Waals surface area contributed by atoms with E-state index in [1.807, 2.05) is 19.9 Å². The number of rotatable bonds is 2. The van der Waals surface area contributed by atoms with Gasteiger partial charge in [-0.25, -0.2) is 14.0 Å². The lowest BCUT2D eigenvalue weighted by Gasteiger charge is -2.25. The minimum Gasteiger partial charge on any atom is -0.455 e. The Morgan fingerprint density at radius 1 is 1.32 bits per heavy atom. The summed E-state index contributed by atoms with van der Waals surface area (Å²) in [5, 5.41) is 0. The van der Waals surface area contributed by atoms with Gasteiger partial charge in [-0.05, 0) is 62.9 Å². The van der Waals surface area contributed by atoms with Crippen molar-refractivity contribution in [3.63, 3.8) is 0 Å². The van der Waals surface area contributed by atoms with Crippen molar-refractivity contribution in [2.75, 3.05) is 0 Å². The number of epoxide rings is 1. The number of halogens is 1. The first-order valence-electron chi connectivity index (χ1n) is 9.49. The molecule has 148 valence electrons. The largest absolute Gasteiger partial charge is 0.455 e. The number of hydrogen-bond donors (Lipinski definition) is 0. The summed E-state index contributed by atoms with van der Waals surface area (Å²) in [5.74, 6) is -1.65. The average molecular weight is 386 g/mol. The Balaban J connectivity index is 1.59. The second kappa shape index (κ2) is 6.85. The molecule has 0 radical (unpaired) electrons. The highest BCUT2D eigenvalue weighted by Gasteiger charge is 2.61. The summed E-state index contributed by atoms with van der Waals surface area (Å²) >= 11 is 0. The predicted octanol–water partition coefficient (Wildman–Crippen LogP) is 3.74. The standard InChI is InChI=1S/C22H23FO5/c1-12-5-4-10-22(3)19(28-22)18-16(13(2)20(24)27-18)11-17(12)26-21(25)14-6-8-15(23)9-7-14/h5-9,16-19H,2,4,10-11H2,1,3H3/t16-,17?,18-,19+,22+/m0/s1. The van der Waals surface area contributed by atoms with Crippen LogP contribution in [-0.2, 0) is 19.0 Å². The van der Waals surface area contributed by atoms with Gasteiger partial charge < -0.3 is 14.2 Å². The fourth-order valence-electron chi connectivity index (χ4n) is 4.11. The van der Waals surface area contributed by atoms with Crippen LogP contribution in [0.15, 0.2) is 48.1 Å². The molecule has 1 aliphatic carbocycles. The van der Waals surface area contributed by atoms with E-state index in [4.69, 9.17) is 14.2 Å². The maximum absolute atomic E-state index is 13.1. The van der Waals surface area contributed by atoms with E-state index in [9.17, 15) is 14.0 Å². The number of allylic oxidation sites excluding steroid dienone is 1. The van der Waals surface area contributed by atoms with E-state index in [1.165, 1.54) is 24.3 Å². The Kier molecular flexibility index (Phi) is 4.62. The van der Waals surface area contributed by atoms with Crippen molar-refractivity contribution in [1.29, 1.82) is 0 Å². The van der Waals surface area contributed by atoms with Crippen LogP contribution in [0.5, 0.6) is 0 Å². The minimum atomic E-state index is -0.533. The van der Waals surface area contributed by atoms with Crippen molar-refractivity contribution in [3.8, 4) is 0 Å². The number of fused-ring (bicyclic) bond motifs is 3. The molecule has 2 aliphatic heterocycles. The molecule has 2 saturated heterocycles. The molecule has 0 N–H and O–H groups in total. The third-order valence-corrected chi connectivity index (χ3v) is 6.00. The van der Waals surface area contributed by atoms with E-state index in [0.29, 0.717) is 12.0 Å². The lowest BCUT2D eigenvalue weighted by atomic mass is 9.83. The molecule has 2 fully saturated rings. The van der Waals surface area contributed by atoms with Gasteiger partial charge in [0.05, 0.1) is 11.2 Å². The zero-order chi connectivity index (χ0) is 20.1. The zero-order valence-electron chi connectivity index (χ0n) is 15.9. The molecule has 1 unspecified atom stereocenters. The molecule has 4 rings (SSSR count). The Hall–Kier alpha value is -2.47. The van der Waals surface area contributed by atoms with Crippen molar-refractivity contribution in [2.45, 2.75) is 57.0 Å². The third-order valence-electron chi connectivity index (χ3n) is 6.00. The smallest absolute Gasteiger partial charge is 0.338 e. The lowest BCUT2D eigenvalue weighted by Crippen LogP contribution is -2.33. The predicted molar refractivity (Wildman–Crippen MR) is 99.0 cm³/mol. The van der Waals surface area contributed by atoms with Crippen LogP contribution >= 0.6 is 0 Å². The normalized spacial score (nSPS) is 34.6. The number of benzene rings is 1. The van der Waals surface area contributed by atoms with Gasteiger partial charge in [-0.1, -0.05) is 12.7 Å². The molecule has 5 atom stereocenters. The molecular formula is C22H23FO5. The fourth-order valence-corrected chi connectivity index (χ4v) is 4.11. The van der Waals surface area contributed by atoms with Crippen LogP contribution in [0.3, 0.4) is 0 Å². The molecule has 1 aromatic rings. The Morgan fingerprint density at radius 2 is 2.04 bits per heavy atom. The van der Waals surface area contributed by atoms with Crippen LogP contribution in [0, 0.1) is 11.7 Å². The average Bonchev–Trinajstić information content (AvgIpc) is 3.25. The van der Waals surface area contributed by atoms with E-state index in [-0.39, 0.29) is 23.2 Å². The number of carbonyl (C=O) groups is 2. The minimum absolute atomic E-state index is 0.166. The molecule has 0 spiro atoms. The summed E-state index contributed by atoms with van der Waals surface area (Å²) in [4.78, 5) is 24.7. The van der Waals surface area contributed by atoms with Gasteiger partial charge in [-0.15, -0.1) is 0 Å². The van der Waals surface area contributed by atoms with Crippen LogP contribution in [-0.4, -0.2) is 35.9 Å². The molecular weight excluding hydrogens is 363 g/mol. The molecule has 0 amide bonds. The zero-order valence-corrected chi connectivity index (χ0v) is 15.9. The van der Waals surface area contributed by atoms with E-state index >= 15 is 0 Å². The van der Waals surface area contributed by atoms with Gasteiger partial charge in [-0.2, -0.15) is 0 Å². The van der Waals surface area contributed by atoms with E-state index < -0.39 is 30.0 Å². The summed E-state index contributed by atoms with van der Waals surface area (Å²) in [7, 11) is 0. The number of carbonyl (C=O) groups excluding carboxylic acids is 2. The highest BCUT2D eigenvalue weighted by Crippen LogP contribution is 2.50. The monoisotopic (exact) mass is 386 g/mol. The lowest BCUT2D eigenvalue weighted by molar-refractivity contribution is -0.140. The molecule has 1 aromatic carbocycles. The number of esters is 2. The van der Waals surface area contributed by atoms with E-state index in [0.717, 1.165) is 18.4 Å². The van der Waals surface area contributed by atoms with Gasteiger partial charge >= 0.3 is 11.9 Å². The van der Waals surface area contributed by atoms with E-state index in [2.05, 4.69) is 6.58 Å². The van der Waals surface area contributed by atoms with Gasteiger partial charge in [0.25, 0.3) is 0 Å². The van der Waals surface area contributed by atoms with Gasteiger partial charge in [0, 0.05) is 11.5 Å². The Bertz CT molecular complexity index is 858. The third kappa shape index (κ3) is 3.37. The van der Waals surface area contributed by atoms with Crippen molar-refractivity contribution < 1.29 is 28.2 Å². The summed E-state index contributed by atoms with van der Waals surface area (Å²) in [6, 6.07) is 5.23. The van der Waals surface area contributed by atoms with Crippen LogP contribution < -0.4 is 0 Å². The van der Waals surface area contributed by atoms with Crippen molar-refractivity contribution in [1.82, 2.24) is 0 Å². The van der Waals surface area contributed by atoms with Crippen molar-refractivity contribution in [2.24, 2.45) is 5.92 Å². The first-order chi connectivity index (χ1) is 13.3. The fraction of sp³-hybridized carbons (Fsp3) is 0.455. The quantitative estimate of drug-likeness (QED) is 0.335. The van der Waals surface area contributed by atoms with Crippen LogP contribution in [0.1, 0.15) is 43.5 Å². The molecule has 0 aromatic heterocycles. The Labute approximate surface area is 163 Å². The summed E-state index contributed by atoms with van der Waals surface area (Å²) in [5.41, 5.74) is 1.27. The molecule has 2 heterocycles. The SMILES string of the molecule is C=C1C(=O)O[C@@H]2[C@H]3O[C@]3(C)CCC=C(C)C(OC(=O)c3ccc(F)cc3)C[C@@H]12. The maximum atomic E-state index is 13.1. The van der Waals surface area contributed by atoms with Crippen LogP contribution in [0.4, 0.5) is 4.39 Å². The second-order valence-corrected chi connectivity index (χ2v) is 7.98. The molecule has 28 heavy (non-hydrogen) atoms. The van der Waals surface area contributed by atoms with Gasteiger partial charge in [0.15, 0.2) is 0 Å². The van der Waals surface area contributed by atoms with Crippen molar-refractivity contribution in [3.05, 3.63) is 59.4 Å². The number of ether oxygens (including phenoxy) is 3. The molecule has 0 bridgehead atoms. The van der Waals surface area contributed by atoms with Crippen LogP contribution in [0.2, 0.25) is 0 Å². The topological polar surface area (TPSA) is 65.1 Å². The van der Waals surface area contributed by atoms with E-state index in [1.54, 1.807) is 0 Å². The molecule has 0 saturated carbocycles. The number of hydrogen-bond acceptors (Lipinski definition) is 5. The Morgan fingerprint density at radius 3 is 2.75 bits per heavy atom. The van der Waals surface area contributed by atoms with Gasteiger partial charge in [0.2, 0.25) is 0 Å². The second-order valence-electron chi connectivity index (χ2n) is 7.98. The maximum Gasteiger partial charge on any atom is 0.338 e. The van der Waals surface area contributed by atoms with Crippen molar-refractivity contribution >= 4 is 11.9 Å². The van der Waals surface area contributed by atoms with Gasteiger partial charge in [-0.3, -0.25) is 0 Å². The first kappa shape index (κ1) is 18.9. The highest BCUT2D eigenvalue weighted by molar-refractivity contribution is 5.91. The highest BCUT2D eigenvalue weighted by atomic mass is 19.1. The van der Waals surface area contributed by atoms with Gasteiger partial charge in [0.1, 0.15) is 24.1 Å². The molecule has 5 nitrogen and oxygen atoms in total. The van der Waals surface area contributed by atoms with Crippen LogP contribution in [0.25, 0.3) is 0 Å². The first-order valence-corrected chi connectivity index (χ1v) is 9.49. The summed E-state index contributed by atoms with van der Waals surface area (Å²) in [6.07, 6.45) is 2.90. The summed E-state index contributed by atoms with van der Waals surface area (Å²) < 4.78 is 30.3.